The van der Waals surface area contributed by atoms with Gasteiger partial charge in [-0.25, -0.2) is 4.98 Å². The zero-order valence-corrected chi connectivity index (χ0v) is 10.0. The number of aryl methyl sites for hydroxylation is 1. The Kier molecular flexibility index (Phi) is 2.46. The van der Waals surface area contributed by atoms with Crippen molar-refractivity contribution in [2.24, 2.45) is 0 Å². The lowest BCUT2D eigenvalue weighted by Gasteiger charge is -2.24. The number of hydrogen-bond acceptors (Lipinski definition) is 2. The second kappa shape index (κ2) is 3.99. The van der Waals surface area contributed by atoms with Gasteiger partial charge in [0.1, 0.15) is 12.1 Å². The van der Waals surface area contributed by atoms with Crippen LogP contribution in [0.1, 0.15) is 42.4 Å². The van der Waals surface area contributed by atoms with Crippen LogP contribution in [0.4, 0.5) is 0 Å². The van der Waals surface area contributed by atoms with E-state index in [4.69, 9.17) is 4.98 Å². The smallest absolute Gasteiger partial charge is 0.125 e. The number of aldehydes is 1. The number of carbonyl (C=O) groups excluding carboxylic acids is 1. The van der Waals surface area contributed by atoms with Crippen LogP contribution in [0.2, 0.25) is 0 Å². The molecule has 88 valence electrons. The number of aromatic nitrogens is 2. The van der Waals surface area contributed by atoms with E-state index in [1.807, 2.05) is 19.1 Å². The standard InChI is InChI=1S/C14H16N2O/c1-10-13-7-3-6-12(8-9-17)16(13)14(15-10)11-4-2-5-11/h3,6-7,9,11H,2,4-5,8H2,1H3. The van der Waals surface area contributed by atoms with Crippen LogP contribution in [0.25, 0.3) is 5.52 Å². The third-order valence-corrected chi connectivity index (χ3v) is 3.72. The highest BCUT2D eigenvalue weighted by atomic mass is 16.1. The van der Waals surface area contributed by atoms with Gasteiger partial charge in [-0.15, -0.1) is 0 Å². The minimum atomic E-state index is 0.465. The number of carbonyl (C=O) groups is 1. The van der Waals surface area contributed by atoms with E-state index in [0.717, 1.165) is 29.0 Å². The molecule has 1 aliphatic carbocycles. The summed E-state index contributed by atoms with van der Waals surface area (Å²) in [4.78, 5) is 15.5. The lowest BCUT2D eigenvalue weighted by Crippen LogP contribution is -2.14. The second-order valence-electron chi connectivity index (χ2n) is 4.79. The summed E-state index contributed by atoms with van der Waals surface area (Å²) in [7, 11) is 0. The highest BCUT2D eigenvalue weighted by molar-refractivity contribution is 5.59. The summed E-state index contributed by atoms with van der Waals surface area (Å²) in [6.07, 6.45) is 5.19. The first-order valence-corrected chi connectivity index (χ1v) is 6.21. The van der Waals surface area contributed by atoms with Crippen molar-refractivity contribution in [2.45, 2.75) is 38.5 Å². The molecule has 0 bridgehead atoms. The average molecular weight is 228 g/mol. The Morgan fingerprint density at radius 1 is 1.47 bits per heavy atom. The fourth-order valence-corrected chi connectivity index (χ4v) is 2.57. The van der Waals surface area contributed by atoms with E-state index in [1.54, 1.807) is 0 Å². The van der Waals surface area contributed by atoms with Crippen molar-refractivity contribution in [1.29, 1.82) is 0 Å². The van der Waals surface area contributed by atoms with Crippen LogP contribution < -0.4 is 0 Å². The van der Waals surface area contributed by atoms with Crippen molar-refractivity contribution in [3.8, 4) is 0 Å². The van der Waals surface area contributed by atoms with Gasteiger partial charge in [-0.1, -0.05) is 12.5 Å². The fourth-order valence-electron chi connectivity index (χ4n) is 2.57. The molecule has 1 fully saturated rings. The SMILES string of the molecule is Cc1nc(C2CCC2)n2c(CC=O)cccc12. The monoisotopic (exact) mass is 228 g/mol. The largest absolute Gasteiger partial charge is 0.303 e. The highest BCUT2D eigenvalue weighted by Gasteiger charge is 2.25. The third-order valence-electron chi connectivity index (χ3n) is 3.72. The number of rotatable bonds is 3. The molecule has 0 atom stereocenters. The van der Waals surface area contributed by atoms with Gasteiger partial charge in [0, 0.05) is 18.0 Å². The maximum atomic E-state index is 10.8. The Balaban J connectivity index is 2.23. The summed E-state index contributed by atoms with van der Waals surface area (Å²) in [6, 6.07) is 6.11. The molecular formula is C14H16N2O. The maximum Gasteiger partial charge on any atom is 0.125 e. The molecular weight excluding hydrogens is 212 g/mol. The molecule has 1 aliphatic rings. The van der Waals surface area contributed by atoms with Gasteiger partial charge >= 0.3 is 0 Å². The molecule has 3 rings (SSSR count). The van der Waals surface area contributed by atoms with Crippen molar-refractivity contribution >= 4 is 11.8 Å². The van der Waals surface area contributed by atoms with Crippen LogP contribution in [0, 0.1) is 6.92 Å². The van der Waals surface area contributed by atoms with Gasteiger partial charge in [0.15, 0.2) is 0 Å². The van der Waals surface area contributed by atoms with E-state index in [0.29, 0.717) is 12.3 Å². The zero-order chi connectivity index (χ0) is 11.8. The van der Waals surface area contributed by atoms with Crippen molar-refractivity contribution in [1.82, 2.24) is 9.38 Å². The average Bonchev–Trinajstić information content (AvgIpc) is 2.56. The first-order valence-electron chi connectivity index (χ1n) is 6.21. The molecule has 2 heterocycles. The summed E-state index contributed by atoms with van der Waals surface area (Å²) in [5.74, 6) is 1.74. The molecule has 2 aromatic rings. The summed E-state index contributed by atoms with van der Waals surface area (Å²) in [5.41, 5.74) is 3.27. The molecule has 0 spiro atoms. The van der Waals surface area contributed by atoms with Crippen LogP contribution in [-0.4, -0.2) is 15.7 Å². The van der Waals surface area contributed by atoms with Gasteiger partial charge < -0.3 is 4.79 Å². The van der Waals surface area contributed by atoms with Gasteiger partial charge in [-0.3, -0.25) is 4.40 Å². The molecule has 0 amide bonds. The predicted molar refractivity (Wildman–Crippen MR) is 66.3 cm³/mol. The normalized spacial score (nSPS) is 16.1. The summed E-state index contributed by atoms with van der Waals surface area (Å²) < 4.78 is 2.19. The summed E-state index contributed by atoms with van der Waals surface area (Å²) in [5, 5.41) is 0. The third kappa shape index (κ3) is 1.57. The molecule has 0 aromatic carbocycles. The second-order valence-corrected chi connectivity index (χ2v) is 4.79. The number of imidazole rings is 1. The molecule has 3 heteroatoms. The van der Waals surface area contributed by atoms with E-state index in [-0.39, 0.29) is 0 Å². The lowest BCUT2D eigenvalue weighted by molar-refractivity contribution is -0.107. The molecule has 0 aliphatic heterocycles. The fraction of sp³-hybridized carbons (Fsp3) is 0.429. The van der Waals surface area contributed by atoms with Crippen molar-refractivity contribution in [2.75, 3.05) is 0 Å². The van der Waals surface area contributed by atoms with Crippen molar-refractivity contribution in [3.63, 3.8) is 0 Å². The minimum Gasteiger partial charge on any atom is -0.303 e. The first kappa shape index (κ1) is 10.5. The van der Waals surface area contributed by atoms with E-state index >= 15 is 0 Å². The van der Waals surface area contributed by atoms with Gasteiger partial charge in [0.2, 0.25) is 0 Å². The number of fused-ring (bicyclic) bond motifs is 1. The quantitative estimate of drug-likeness (QED) is 0.757. The van der Waals surface area contributed by atoms with E-state index in [1.165, 1.54) is 19.3 Å². The van der Waals surface area contributed by atoms with Gasteiger partial charge in [0.25, 0.3) is 0 Å². The Morgan fingerprint density at radius 3 is 2.94 bits per heavy atom. The van der Waals surface area contributed by atoms with Crippen LogP contribution >= 0.6 is 0 Å². The van der Waals surface area contributed by atoms with Crippen LogP contribution in [-0.2, 0) is 11.2 Å². The first-order chi connectivity index (χ1) is 8.31. The summed E-state index contributed by atoms with van der Waals surface area (Å²) >= 11 is 0. The Labute approximate surface area is 100 Å². The molecule has 0 unspecified atom stereocenters. The Morgan fingerprint density at radius 2 is 2.29 bits per heavy atom. The Hall–Kier alpha value is -1.64. The molecule has 1 saturated carbocycles. The van der Waals surface area contributed by atoms with E-state index in [9.17, 15) is 4.79 Å². The van der Waals surface area contributed by atoms with Crippen molar-refractivity contribution < 1.29 is 4.79 Å². The number of pyridine rings is 1. The zero-order valence-electron chi connectivity index (χ0n) is 10.0. The number of nitrogens with zero attached hydrogens (tertiary/aromatic N) is 2. The van der Waals surface area contributed by atoms with Gasteiger partial charge in [-0.05, 0) is 31.9 Å². The van der Waals surface area contributed by atoms with E-state index in [2.05, 4.69) is 10.5 Å². The summed E-state index contributed by atoms with van der Waals surface area (Å²) in [6.45, 7) is 2.04. The topological polar surface area (TPSA) is 34.4 Å². The van der Waals surface area contributed by atoms with Gasteiger partial charge in [-0.2, -0.15) is 0 Å². The number of hydrogen-bond donors (Lipinski definition) is 0. The maximum absolute atomic E-state index is 10.8. The Bertz CT molecular complexity index is 567. The van der Waals surface area contributed by atoms with Crippen LogP contribution in [0.3, 0.4) is 0 Å². The predicted octanol–water partition coefficient (Wildman–Crippen LogP) is 2.65. The molecule has 17 heavy (non-hydrogen) atoms. The minimum absolute atomic E-state index is 0.465. The molecule has 0 radical (unpaired) electrons. The molecule has 2 aromatic heterocycles. The van der Waals surface area contributed by atoms with Gasteiger partial charge in [0.05, 0.1) is 11.2 Å². The molecule has 0 saturated heterocycles. The lowest BCUT2D eigenvalue weighted by atomic mass is 9.85. The molecule has 0 N–H and O–H groups in total. The van der Waals surface area contributed by atoms with E-state index < -0.39 is 0 Å². The van der Waals surface area contributed by atoms with Crippen molar-refractivity contribution in [3.05, 3.63) is 35.4 Å². The van der Waals surface area contributed by atoms with Crippen LogP contribution in [0.15, 0.2) is 18.2 Å². The van der Waals surface area contributed by atoms with Crippen LogP contribution in [0.5, 0.6) is 0 Å². The highest BCUT2D eigenvalue weighted by Crippen LogP contribution is 2.36. The molecule has 3 nitrogen and oxygen atoms in total.